The zero-order valence-corrected chi connectivity index (χ0v) is 19.4. The molecular formula is C22H23BrFN3O2S. The summed E-state index contributed by atoms with van der Waals surface area (Å²) in [6.45, 7) is 4.95. The first-order valence-electron chi connectivity index (χ1n) is 10.2. The van der Waals surface area contributed by atoms with E-state index in [1.54, 1.807) is 21.6 Å². The van der Waals surface area contributed by atoms with Crippen LogP contribution in [0.5, 0.6) is 0 Å². The minimum Gasteiger partial charge on any atom is -0.334 e. The van der Waals surface area contributed by atoms with E-state index in [0.29, 0.717) is 39.3 Å². The lowest BCUT2D eigenvalue weighted by molar-refractivity contribution is 0.0755. The van der Waals surface area contributed by atoms with Crippen molar-refractivity contribution in [3.8, 4) is 0 Å². The number of hydrogen-bond donors (Lipinski definition) is 0. The number of amides is 1. The Hall–Kier alpha value is -2.06. The van der Waals surface area contributed by atoms with Gasteiger partial charge in [0.1, 0.15) is 16.5 Å². The van der Waals surface area contributed by atoms with Gasteiger partial charge in [0.15, 0.2) is 0 Å². The fourth-order valence-corrected chi connectivity index (χ4v) is 5.52. The number of carbonyl (C=O) groups is 1. The van der Waals surface area contributed by atoms with Crippen LogP contribution in [0.25, 0.3) is 10.2 Å². The summed E-state index contributed by atoms with van der Waals surface area (Å²) in [5, 5.41) is 0.540. The average Bonchev–Trinajstić information content (AvgIpc) is 2.89. The third-order valence-electron chi connectivity index (χ3n) is 5.64. The van der Waals surface area contributed by atoms with Crippen LogP contribution in [0.3, 0.4) is 0 Å². The van der Waals surface area contributed by atoms with E-state index >= 15 is 0 Å². The predicted molar refractivity (Wildman–Crippen MR) is 121 cm³/mol. The van der Waals surface area contributed by atoms with Crippen LogP contribution in [-0.2, 0) is 19.5 Å². The number of aryl methyl sites for hydroxylation is 2. The second-order valence-electron chi connectivity index (χ2n) is 7.59. The number of thiophene rings is 1. The van der Waals surface area contributed by atoms with Gasteiger partial charge in [-0.15, -0.1) is 11.3 Å². The average molecular weight is 492 g/mol. The van der Waals surface area contributed by atoms with Gasteiger partial charge in [-0.1, -0.05) is 22.4 Å². The van der Waals surface area contributed by atoms with E-state index in [4.69, 9.17) is 4.98 Å². The molecule has 1 amide bonds. The van der Waals surface area contributed by atoms with Gasteiger partial charge in [-0.2, -0.15) is 0 Å². The zero-order valence-electron chi connectivity index (χ0n) is 17.0. The number of hydrogen-bond acceptors (Lipinski definition) is 4. The summed E-state index contributed by atoms with van der Waals surface area (Å²) in [6, 6.07) is 4.71. The lowest BCUT2D eigenvalue weighted by atomic mass is 10.1. The van der Waals surface area contributed by atoms with Crippen LogP contribution in [0.1, 0.15) is 52.8 Å². The van der Waals surface area contributed by atoms with E-state index in [9.17, 15) is 14.0 Å². The largest absolute Gasteiger partial charge is 0.334 e. The summed E-state index contributed by atoms with van der Waals surface area (Å²) in [4.78, 5) is 33.9. The summed E-state index contributed by atoms with van der Waals surface area (Å²) in [5.74, 6) is 0.270. The van der Waals surface area contributed by atoms with E-state index < -0.39 is 0 Å². The molecule has 0 atom stereocenters. The number of aromatic nitrogens is 2. The Morgan fingerprint density at radius 3 is 2.90 bits per heavy atom. The molecule has 1 aliphatic rings. The Morgan fingerprint density at radius 2 is 2.13 bits per heavy atom. The molecule has 2 aromatic heterocycles. The highest BCUT2D eigenvalue weighted by atomic mass is 79.9. The molecule has 0 fully saturated rings. The first-order valence-corrected chi connectivity index (χ1v) is 11.8. The molecule has 0 spiro atoms. The summed E-state index contributed by atoms with van der Waals surface area (Å²) in [5.41, 5.74) is 1.07. The smallest absolute Gasteiger partial charge is 0.264 e. The summed E-state index contributed by atoms with van der Waals surface area (Å²) in [7, 11) is 0. The lowest BCUT2D eigenvalue weighted by Crippen LogP contribution is -2.30. The minimum absolute atomic E-state index is 0.0502. The van der Waals surface area contributed by atoms with Crippen LogP contribution in [0.2, 0.25) is 0 Å². The molecular weight excluding hydrogens is 469 g/mol. The van der Waals surface area contributed by atoms with E-state index in [2.05, 4.69) is 15.9 Å². The van der Waals surface area contributed by atoms with Gasteiger partial charge in [0.25, 0.3) is 11.5 Å². The molecule has 0 aliphatic carbocycles. The normalized spacial score (nSPS) is 13.9. The molecule has 1 aromatic carbocycles. The van der Waals surface area contributed by atoms with Crippen molar-refractivity contribution in [3.63, 3.8) is 0 Å². The van der Waals surface area contributed by atoms with E-state index in [1.807, 2.05) is 13.8 Å². The predicted octanol–water partition coefficient (Wildman–Crippen LogP) is 5.06. The third-order valence-corrected chi connectivity index (χ3v) is 7.31. The second kappa shape index (κ2) is 8.59. The van der Waals surface area contributed by atoms with Crippen molar-refractivity contribution in [2.45, 2.75) is 52.6 Å². The summed E-state index contributed by atoms with van der Waals surface area (Å²) < 4.78 is 16.8. The van der Waals surface area contributed by atoms with Crippen molar-refractivity contribution in [1.82, 2.24) is 14.5 Å². The van der Waals surface area contributed by atoms with Crippen molar-refractivity contribution in [2.75, 3.05) is 6.54 Å². The van der Waals surface area contributed by atoms with Gasteiger partial charge in [0, 0.05) is 36.1 Å². The molecule has 5 nitrogen and oxygen atoms in total. The van der Waals surface area contributed by atoms with Crippen LogP contribution < -0.4 is 5.56 Å². The van der Waals surface area contributed by atoms with Gasteiger partial charge in [-0.25, -0.2) is 9.37 Å². The number of fused-ring (bicyclic) bond motifs is 2. The monoisotopic (exact) mass is 491 g/mol. The molecule has 0 saturated heterocycles. The second-order valence-corrected chi connectivity index (χ2v) is 9.50. The van der Waals surface area contributed by atoms with Gasteiger partial charge in [0.2, 0.25) is 0 Å². The number of benzene rings is 1. The summed E-state index contributed by atoms with van der Waals surface area (Å²) in [6.07, 6.45) is 3.87. The van der Waals surface area contributed by atoms with Gasteiger partial charge in [0.05, 0.1) is 10.3 Å². The SMILES string of the molecule is CCN(Cc1cc(Br)ccc1F)C(=O)c1sc2nc3n(c(=O)c2c1C)CCCCC3. The fourth-order valence-electron chi connectivity index (χ4n) is 3.95. The van der Waals surface area contributed by atoms with E-state index in [0.717, 1.165) is 36.0 Å². The molecule has 3 heterocycles. The molecule has 0 unspecified atom stereocenters. The molecule has 4 rings (SSSR count). The molecule has 3 aromatic rings. The molecule has 1 aliphatic heterocycles. The first kappa shape index (κ1) is 21.2. The zero-order chi connectivity index (χ0) is 21.4. The molecule has 30 heavy (non-hydrogen) atoms. The fraction of sp³-hybridized carbons (Fsp3) is 0.409. The molecule has 0 saturated carbocycles. The number of rotatable bonds is 4. The third kappa shape index (κ3) is 3.83. The molecule has 158 valence electrons. The molecule has 0 N–H and O–H groups in total. The van der Waals surface area contributed by atoms with Gasteiger partial charge in [-0.05, 0) is 50.5 Å². The van der Waals surface area contributed by atoms with Gasteiger partial charge in [-0.3, -0.25) is 14.2 Å². The van der Waals surface area contributed by atoms with E-state index in [1.165, 1.54) is 17.4 Å². The van der Waals surface area contributed by atoms with Crippen LogP contribution in [0.15, 0.2) is 27.5 Å². The maximum Gasteiger partial charge on any atom is 0.264 e. The first-order chi connectivity index (χ1) is 14.4. The van der Waals surface area contributed by atoms with Crippen LogP contribution in [0, 0.1) is 12.7 Å². The highest BCUT2D eigenvalue weighted by Gasteiger charge is 2.25. The van der Waals surface area contributed by atoms with E-state index in [-0.39, 0.29) is 23.8 Å². The van der Waals surface area contributed by atoms with Crippen molar-refractivity contribution in [3.05, 3.63) is 60.7 Å². The topological polar surface area (TPSA) is 55.2 Å². The molecule has 0 radical (unpaired) electrons. The van der Waals surface area contributed by atoms with Gasteiger partial charge >= 0.3 is 0 Å². The molecule has 0 bridgehead atoms. The maximum atomic E-state index is 14.2. The Bertz CT molecular complexity index is 1190. The van der Waals surface area contributed by atoms with Crippen molar-refractivity contribution in [1.29, 1.82) is 0 Å². The lowest BCUT2D eigenvalue weighted by Gasteiger charge is -2.21. The Kier molecular flexibility index (Phi) is 6.06. The number of halogens is 2. The summed E-state index contributed by atoms with van der Waals surface area (Å²) >= 11 is 4.63. The number of carbonyl (C=O) groups excluding carboxylic acids is 1. The number of nitrogens with zero attached hydrogens (tertiary/aromatic N) is 3. The van der Waals surface area contributed by atoms with Gasteiger partial charge < -0.3 is 4.90 Å². The molecule has 8 heteroatoms. The Balaban J connectivity index is 1.73. The van der Waals surface area contributed by atoms with Crippen molar-refractivity contribution >= 4 is 43.4 Å². The highest BCUT2D eigenvalue weighted by Crippen LogP contribution is 2.30. The Labute approximate surface area is 186 Å². The minimum atomic E-state index is -0.346. The van der Waals surface area contributed by atoms with Crippen LogP contribution in [0.4, 0.5) is 4.39 Å². The van der Waals surface area contributed by atoms with Crippen molar-refractivity contribution < 1.29 is 9.18 Å². The van der Waals surface area contributed by atoms with Crippen LogP contribution in [-0.4, -0.2) is 26.9 Å². The highest BCUT2D eigenvalue weighted by molar-refractivity contribution is 9.10. The standard InChI is InChI=1S/C22H23BrFN3O2S/c1-3-26(12-14-11-15(23)8-9-16(14)24)22(29)19-13(2)18-20(30-19)25-17-7-5-4-6-10-27(17)21(18)28/h8-9,11H,3-7,10,12H2,1-2H3. The van der Waals surface area contributed by atoms with Crippen LogP contribution >= 0.6 is 27.3 Å². The maximum absolute atomic E-state index is 14.2. The Morgan fingerprint density at radius 1 is 1.33 bits per heavy atom. The van der Waals surface area contributed by atoms with Crippen molar-refractivity contribution in [2.24, 2.45) is 0 Å². The quantitative estimate of drug-likeness (QED) is 0.512.